The van der Waals surface area contributed by atoms with E-state index in [1.54, 1.807) is 19.3 Å². The van der Waals surface area contributed by atoms with Gasteiger partial charge in [0.25, 0.3) is 0 Å². The van der Waals surface area contributed by atoms with Crippen molar-refractivity contribution < 1.29 is 9.59 Å². The van der Waals surface area contributed by atoms with Crippen molar-refractivity contribution >= 4 is 28.2 Å². The van der Waals surface area contributed by atoms with E-state index in [1.807, 2.05) is 49.4 Å². The minimum atomic E-state index is -1.43. The Morgan fingerprint density at radius 1 is 1.23 bits per heavy atom. The molecule has 6 heteroatoms. The lowest BCUT2D eigenvalue weighted by Crippen LogP contribution is -2.29. The number of benzene rings is 2. The molecule has 0 bridgehead atoms. The zero-order chi connectivity index (χ0) is 18.7. The smallest absolute Gasteiger partial charge is 0.249 e. The molecule has 0 spiro atoms. The molecule has 1 aromatic heterocycles. The average Bonchev–Trinajstić information content (AvgIpc) is 3.03. The highest BCUT2D eigenvalue weighted by molar-refractivity contribution is 6.17. The first-order valence-corrected chi connectivity index (χ1v) is 8.30. The SMILES string of the molecule is CCc1nn(C)cc1C(=O)[C@@H](C#N)C(=O)Nc1cccc2ccccc12. The van der Waals surface area contributed by atoms with Gasteiger partial charge >= 0.3 is 0 Å². The molecule has 0 aliphatic carbocycles. The highest BCUT2D eigenvalue weighted by Crippen LogP contribution is 2.24. The maximum absolute atomic E-state index is 12.7. The van der Waals surface area contributed by atoms with Gasteiger partial charge in [-0.05, 0) is 17.9 Å². The fourth-order valence-corrected chi connectivity index (χ4v) is 2.93. The summed E-state index contributed by atoms with van der Waals surface area (Å²) >= 11 is 0. The van der Waals surface area contributed by atoms with Gasteiger partial charge in [-0.15, -0.1) is 0 Å². The number of hydrogen-bond donors (Lipinski definition) is 1. The molecule has 0 aliphatic heterocycles. The Morgan fingerprint density at radius 3 is 2.69 bits per heavy atom. The Hall–Kier alpha value is -3.46. The van der Waals surface area contributed by atoms with Crippen molar-refractivity contribution in [2.45, 2.75) is 13.3 Å². The number of nitriles is 1. The Balaban J connectivity index is 1.89. The summed E-state index contributed by atoms with van der Waals surface area (Å²) in [4.78, 5) is 25.4. The molecule has 0 radical (unpaired) electrons. The normalized spacial score (nSPS) is 11.7. The van der Waals surface area contributed by atoms with Gasteiger partial charge in [-0.25, -0.2) is 0 Å². The summed E-state index contributed by atoms with van der Waals surface area (Å²) in [6.07, 6.45) is 2.10. The van der Waals surface area contributed by atoms with E-state index in [4.69, 9.17) is 0 Å². The lowest BCUT2D eigenvalue weighted by molar-refractivity contribution is -0.117. The lowest BCUT2D eigenvalue weighted by atomic mass is 9.97. The summed E-state index contributed by atoms with van der Waals surface area (Å²) in [5, 5.41) is 18.2. The molecular weight excluding hydrogens is 328 g/mol. The Morgan fingerprint density at radius 2 is 1.96 bits per heavy atom. The van der Waals surface area contributed by atoms with Gasteiger partial charge in [0.1, 0.15) is 0 Å². The second kappa shape index (κ2) is 7.19. The zero-order valence-electron chi connectivity index (χ0n) is 14.6. The van der Waals surface area contributed by atoms with E-state index < -0.39 is 17.6 Å². The quantitative estimate of drug-likeness (QED) is 0.568. The highest BCUT2D eigenvalue weighted by atomic mass is 16.2. The van der Waals surface area contributed by atoms with E-state index in [2.05, 4.69) is 10.4 Å². The third-order valence-corrected chi connectivity index (χ3v) is 4.21. The van der Waals surface area contributed by atoms with Crippen LogP contribution in [0.15, 0.2) is 48.7 Å². The molecule has 2 aromatic carbocycles. The van der Waals surface area contributed by atoms with E-state index in [0.29, 0.717) is 23.4 Å². The van der Waals surface area contributed by atoms with Gasteiger partial charge in [-0.1, -0.05) is 43.3 Å². The summed E-state index contributed by atoms with van der Waals surface area (Å²) in [5.41, 5.74) is 1.47. The fourth-order valence-electron chi connectivity index (χ4n) is 2.93. The summed E-state index contributed by atoms with van der Waals surface area (Å²) < 4.78 is 1.52. The minimum absolute atomic E-state index is 0.314. The fraction of sp³-hybridized carbons (Fsp3) is 0.200. The molecule has 1 amide bonds. The molecule has 0 aliphatic rings. The maximum atomic E-state index is 12.7. The van der Waals surface area contributed by atoms with Crippen LogP contribution in [0.25, 0.3) is 10.8 Å². The van der Waals surface area contributed by atoms with E-state index in [0.717, 1.165) is 10.8 Å². The van der Waals surface area contributed by atoms with Crippen LogP contribution in [-0.4, -0.2) is 21.5 Å². The number of aromatic nitrogens is 2. The number of fused-ring (bicyclic) bond motifs is 1. The minimum Gasteiger partial charge on any atom is -0.324 e. The summed E-state index contributed by atoms with van der Waals surface area (Å²) in [7, 11) is 1.70. The van der Waals surface area contributed by atoms with Crippen LogP contribution in [-0.2, 0) is 18.3 Å². The topological polar surface area (TPSA) is 87.8 Å². The Kier molecular flexibility index (Phi) is 4.81. The second-order valence-electron chi connectivity index (χ2n) is 5.96. The number of ketones is 1. The number of amides is 1. The average molecular weight is 346 g/mol. The largest absolute Gasteiger partial charge is 0.324 e. The molecule has 0 saturated carbocycles. The Bertz CT molecular complexity index is 1020. The van der Waals surface area contributed by atoms with Crippen LogP contribution >= 0.6 is 0 Å². The molecule has 1 heterocycles. The molecular formula is C20H18N4O2. The van der Waals surface area contributed by atoms with Crippen molar-refractivity contribution in [2.75, 3.05) is 5.32 Å². The summed E-state index contributed by atoms with van der Waals surface area (Å²) in [6, 6.07) is 14.9. The first kappa shape index (κ1) is 17.4. The molecule has 0 unspecified atom stereocenters. The van der Waals surface area contributed by atoms with Gasteiger partial charge in [-0.2, -0.15) is 10.4 Å². The molecule has 0 saturated heterocycles. The van der Waals surface area contributed by atoms with Gasteiger partial charge in [-0.3, -0.25) is 14.3 Å². The zero-order valence-corrected chi connectivity index (χ0v) is 14.6. The predicted molar refractivity (Wildman–Crippen MR) is 98.6 cm³/mol. The van der Waals surface area contributed by atoms with Crippen molar-refractivity contribution in [1.29, 1.82) is 5.26 Å². The van der Waals surface area contributed by atoms with Crippen LogP contribution < -0.4 is 5.32 Å². The number of carbonyl (C=O) groups is 2. The molecule has 1 N–H and O–H groups in total. The molecule has 26 heavy (non-hydrogen) atoms. The van der Waals surface area contributed by atoms with E-state index in [-0.39, 0.29) is 0 Å². The predicted octanol–water partition coefficient (Wildman–Crippen LogP) is 3.10. The number of hydrogen-bond acceptors (Lipinski definition) is 4. The molecule has 1 atom stereocenters. The summed E-state index contributed by atoms with van der Waals surface area (Å²) in [6.45, 7) is 1.87. The van der Waals surface area contributed by atoms with Crippen LogP contribution in [0, 0.1) is 17.2 Å². The van der Waals surface area contributed by atoms with Gasteiger partial charge in [0.05, 0.1) is 17.3 Å². The lowest BCUT2D eigenvalue weighted by Gasteiger charge is -2.11. The third kappa shape index (κ3) is 3.20. The van der Waals surface area contributed by atoms with Gasteiger partial charge in [0, 0.05) is 24.3 Å². The van der Waals surface area contributed by atoms with Crippen LogP contribution in [0.4, 0.5) is 5.69 Å². The number of Topliss-reactive ketones (excluding diaryl/α,β-unsaturated/α-hetero) is 1. The van der Waals surface area contributed by atoms with Crippen LogP contribution in [0.1, 0.15) is 23.0 Å². The number of rotatable bonds is 5. The van der Waals surface area contributed by atoms with Crippen molar-refractivity contribution in [1.82, 2.24) is 9.78 Å². The number of aryl methyl sites for hydroxylation is 2. The summed E-state index contributed by atoms with van der Waals surface area (Å²) in [5.74, 6) is -2.60. The molecule has 0 fully saturated rings. The van der Waals surface area contributed by atoms with Crippen LogP contribution in [0.5, 0.6) is 0 Å². The van der Waals surface area contributed by atoms with Crippen molar-refractivity contribution in [3.05, 3.63) is 59.9 Å². The van der Waals surface area contributed by atoms with Gasteiger partial charge in [0.15, 0.2) is 11.7 Å². The third-order valence-electron chi connectivity index (χ3n) is 4.21. The number of carbonyl (C=O) groups excluding carboxylic acids is 2. The van der Waals surface area contributed by atoms with Crippen LogP contribution in [0.2, 0.25) is 0 Å². The molecule has 6 nitrogen and oxygen atoms in total. The van der Waals surface area contributed by atoms with Crippen LogP contribution in [0.3, 0.4) is 0 Å². The highest BCUT2D eigenvalue weighted by Gasteiger charge is 2.30. The number of anilines is 1. The van der Waals surface area contributed by atoms with Gasteiger partial charge in [0.2, 0.25) is 5.91 Å². The van der Waals surface area contributed by atoms with Crippen molar-refractivity contribution in [2.24, 2.45) is 13.0 Å². The maximum Gasteiger partial charge on any atom is 0.249 e. The first-order valence-electron chi connectivity index (χ1n) is 8.30. The Labute approximate surface area is 151 Å². The number of nitrogens with zero attached hydrogens (tertiary/aromatic N) is 3. The van der Waals surface area contributed by atoms with Gasteiger partial charge < -0.3 is 5.32 Å². The monoisotopic (exact) mass is 346 g/mol. The van der Waals surface area contributed by atoms with E-state index in [1.165, 1.54) is 4.68 Å². The number of nitrogens with one attached hydrogen (secondary N) is 1. The van der Waals surface area contributed by atoms with E-state index >= 15 is 0 Å². The molecule has 3 aromatic rings. The van der Waals surface area contributed by atoms with Crippen molar-refractivity contribution in [3.63, 3.8) is 0 Å². The standard InChI is InChI=1S/C20H18N4O2/c1-3-17-16(12-24(2)23-17)19(25)15(11-21)20(26)22-18-10-6-8-13-7-4-5-9-14(13)18/h4-10,12,15H,3H2,1-2H3,(H,22,26)/t15-/m1/s1. The molecule has 3 rings (SSSR count). The molecule has 130 valence electrons. The first-order chi connectivity index (χ1) is 12.5. The van der Waals surface area contributed by atoms with E-state index in [9.17, 15) is 14.9 Å². The second-order valence-corrected chi connectivity index (χ2v) is 5.96. The van der Waals surface area contributed by atoms with Crippen molar-refractivity contribution in [3.8, 4) is 6.07 Å².